The molecule has 160 valence electrons. The molecule has 0 aliphatic carbocycles. The third kappa shape index (κ3) is 3.98. The van der Waals surface area contributed by atoms with E-state index >= 15 is 0 Å². The number of nitrogens with zero attached hydrogens (tertiary/aromatic N) is 3. The smallest absolute Gasteiger partial charge is 0.138 e. The molecule has 7 heteroatoms. The van der Waals surface area contributed by atoms with E-state index in [4.69, 9.17) is 10.5 Å². The molecule has 7 nitrogen and oxygen atoms in total. The lowest BCUT2D eigenvalue weighted by Crippen LogP contribution is -2.30. The van der Waals surface area contributed by atoms with Crippen molar-refractivity contribution in [3.05, 3.63) is 78.9 Å². The first-order valence-corrected chi connectivity index (χ1v) is 10.5. The molecule has 0 saturated heterocycles. The van der Waals surface area contributed by atoms with Gasteiger partial charge in [0, 0.05) is 47.3 Å². The average Bonchev–Trinajstić information content (AvgIpc) is 3.25. The first-order valence-electron chi connectivity index (χ1n) is 10.5. The van der Waals surface area contributed by atoms with Crippen molar-refractivity contribution in [2.75, 3.05) is 19.0 Å². The monoisotopic (exact) mass is 424 g/mol. The van der Waals surface area contributed by atoms with Gasteiger partial charge in [-0.05, 0) is 41.8 Å². The summed E-state index contributed by atoms with van der Waals surface area (Å²) in [6, 6.07) is 16.2. The molecule has 0 spiro atoms. The molecule has 3 heterocycles. The molecule has 5 rings (SSSR count). The zero-order valence-corrected chi connectivity index (χ0v) is 17.7. The second kappa shape index (κ2) is 8.64. The van der Waals surface area contributed by atoms with Gasteiger partial charge in [0.2, 0.25) is 0 Å². The molecule has 2 aromatic carbocycles. The van der Waals surface area contributed by atoms with Crippen molar-refractivity contribution in [2.24, 2.45) is 5.73 Å². The second-order valence-electron chi connectivity index (χ2n) is 7.78. The van der Waals surface area contributed by atoms with Gasteiger partial charge in [-0.2, -0.15) is 10.2 Å². The van der Waals surface area contributed by atoms with Gasteiger partial charge in [-0.25, -0.2) is 0 Å². The Morgan fingerprint density at radius 1 is 1.03 bits per heavy atom. The van der Waals surface area contributed by atoms with Crippen LogP contribution in [0.15, 0.2) is 73.3 Å². The fraction of sp³-hybridized carbons (Fsp3) is 0.160. The maximum atomic E-state index is 6.37. The van der Waals surface area contributed by atoms with Crippen LogP contribution >= 0.6 is 0 Å². The summed E-state index contributed by atoms with van der Waals surface area (Å²) in [6.07, 6.45) is 8.02. The molecule has 0 amide bonds. The number of nitrogens with two attached hydrogens (primary N) is 1. The lowest BCUT2D eigenvalue weighted by molar-refractivity contribution is 0.287. The van der Waals surface area contributed by atoms with Crippen LogP contribution in [-0.2, 0) is 6.42 Å². The van der Waals surface area contributed by atoms with Gasteiger partial charge in [0.15, 0.2) is 0 Å². The predicted molar refractivity (Wildman–Crippen MR) is 128 cm³/mol. The Bertz CT molecular complexity index is 1380. The van der Waals surface area contributed by atoms with Gasteiger partial charge >= 0.3 is 0 Å². The SMILES string of the molecule is CNc1cnnc2ccc(-c3cncc(OC[C@H](N)Cc4c[nH]c5ccccc45)c3)cc12. The van der Waals surface area contributed by atoms with E-state index in [1.54, 1.807) is 12.4 Å². The van der Waals surface area contributed by atoms with Crippen LogP contribution in [0.4, 0.5) is 5.69 Å². The zero-order chi connectivity index (χ0) is 21.9. The minimum Gasteiger partial charge on any atom is -0.490 e. The summed E-state index contributed by atoms with van der Waals surface area (Å²) in [6.45, 7) is 0.405. The Labute approximate surface area is 185 Å². The molecular formula is C25H24N6O. The summed E-state index contributed by atoms with van der Waals surface area (Å²) in [5.74, 6) is 0.693. The quantitative estimate of drug-likeness (QED) is 0.363. The van der Waals surface area contributed by atoms with Crippen LogP contribution in [-0.4, -0.2) is 39.9 Å². The molecule has 0 bridgehead atoms. The first kappa shape index (κ1) is 20.0. The maximum Gasteiger partial charge on any atom is 0.138 e. The number of pyridine rings is 1. The standard InChI is InChI=1S/C25H24N6O/c1-27-25-14-30-31-24-7-6-16(10-22(24)25)17-9-20(13-28-11-17)32-15-19(26)8-18-12-29-23-5-3-2-4-21(18)23/h2-7,9-14,19,29H,8,15,26H2,1H3,(H,27,31)/t19-/m1/s1. The van der Waals surface area contributed by atoms with Crippen molar-refractivity contribution < 1.29 is 4.74 Å². The Morgan fingerprint density at radius 2 is 1.94 bits per heavy atom. The molecule has 5 aromatic rings. The molecule has 0 aliphatic rings. The molecule has 32 heavy (non-hydrogen) atoms. The molecule has 0 fully saturated rings. The van der Waals surface area contributed by atoms with Crippen LogP contribution in [0.1, 0.15) is 5.56 Å². The summed E-state index contributed by atoms with van der Waals surface area (Å²) in [4.78, 5) is 7.66. The van der Waals surface area contributed by atoms with Crippen molar-refractivity contribution in [2.45, 2.75) is 12.5 Å². The number of para-hydroxylation sites is 1. The van der Waals surface area contributed by atoms with Gasteiger partial charge in [-0.1, -0.05) is 24.3 Å². The zero-order valence-electron chi connectivity index (χ0n) is 17.7. The highest BCUT2D eigenvalue weighted by atomic mass is 16.5. The van der Waals surface area contributed by atoms with Crippen molar-refractivity contribution in [3.63, 3.8) is 0 Å². The summed E-state index contributed by atoms with van der Waals surface area (Å²) < 4.78 is 5.99. The maximum absolute atomic E-state index is 6.37. The molecule has 0 unspecified atom stereocenters. The van der Waals surface area contributed by atoms with Gasteiger partial charge in [-0.3, -0.25) is 4.98 Å². The number of aromatic amines is 1. The molecule has 1 atom stereocenters. The minimum atomic E-state index is -0.129. The van der Waals surface area contributed by atoms with Gasteiger partial charge in [0.1, 0.15) is 12.4 Å². The predicted octanol–water partition coefficient (Wildman–Crippen LogP) is 4.16. The van der Waals surface area contributed by atoms with Crippen molar-refractivity contribution in [3.8, 4) is 16.9 Å². The van der Waals surface area contributed by atoms with Crippen molar-refractivity contribution in [1.82, 2.24) is 20.2 Å². The number of nitrogens with one attached hydrogen (secondary N) is 2. The van der Waals surface area contributed by atoms with Crippen LogP contribution in [0.3, 0.4) is 0 Å². The molecule has 0 saturated carbocycles. The fourth-order valence-electron chi connectivity index (χ4n) is 3.94. The van der Waals surface area contributed by atoms with E-state index in [1.807, 2.05) is 49.8 Å². The second-order valence-corrected chi connectivity index (χ2v) is 7.78. The number of benzene rings is 2. The molecule has 3 aromatic heterocycles. The number of H-pyrrole nitrogens is 1. The van der Waals surface area contributed by atoms with Crippen molar-refractivity contribution in [1.29, 1.82) is 0 Å². The van der Waals surface area contributed by atoms with Gasteiger partial charge in [0.25, 0.3) is 0 Å². The topological polar surface area (TPSA) is 102 Å². The first-order chi connectivity index (χ1) is 15.7. The summed E-state index contributed by atoms with van der Waals surface area (Å²) in [5.41, 5.74) is 12.5. The van der Waals surface area contributed by atoms with E-state index in [0.717, 1.165) is 39.7 Å². The number of hydrogen-bond donors (Lipinski definition) is 3. The number of ether oxygens (including phenoxy) is 1. The number of aromatic nitrogens is 4. The van der Waals surface area contributed by atoms with Gasteiger partial charge in [-0.15, -0.1) is 0 Å². The van der Waals surface area contributed by atoms with Gasteiger partial charge < -0.3 is 20.8 Å². The summed E-state index contributed by atoms with van der Waals surface area (Å²) >= 11 is 0. The number of fused-ring (bicyclic) bond motifs is 2. The van der Waals surface area contributed by atoms with E-state index in [1.165, 1.54) is 10.9 Å². The highest BCUT2D eigenvalue weighted by molar-refractivity contribution is 5.93. The van der Waals surface area contributed by atoms with Crippen LogP contribution in [0, 0.1) is 0 Å². The molecular weight excluding hydrogens is 400 g/mol. The van der Waals surface area contributed by atoms with Crippen LogP contribution in [0.25, 0.3) is 32.9 Å². The summed E-state index contributed by atoms with van der Waals surface area (Å²) in [7, 11) is 1.87. The van der Waals surface area contributed by atoms with Crippen LogP contribution in [0.2, 0.25) is 0 Å². The normalized spacial score (nSPS) is 12.2. The minimum absolute atomic E-state index is 0.129. The van der Waals surface area contributed by atoms with Crippen LogP contribution < -0.4 is 15.8 Å². The van der Waals surface area contributed by atoms with E-state index in [2.05, 4.69) is 43.7 Å². The Hall–Kier alpha value is -3.97. The number of anilines is 1. The molecule has 0 radical (unpaired) electrons. The Morgan fingerprint density at radius 3 is 2.84 bits per heavy atom. The number of rotatable bonds is 7. The number of hydrogen-bond acceptors (Lipinski definition) is 6. The van der Waals surface area contributed by atoms with E-state index in [-0.39, 0.29) is 6.04 Å². The van der Waals surface area contributed by atoms with Gasteiger partial charge in [0.05, 0.1) is 23.6 Å². The average molecular weight is 425 g/mol. The lowest BCUT2D eigenvalue weighted by atomic mass is 10.0. The molecule has 4 N–H and O–H groups in total. The molecule has 0 aliphatic heterocycles. The van der Waals surface area contributed by atoms with Crippen molar-refractivity contribution >= 4 is 27.5 Å². The van der Waals surface area contributed by atoms with E-state index in [9.17, 15) is 0 Å². The van der Waals surface area contributed by atoms with E-state index in [0.29, 0.717) is 12.4 Å². The Kier molecular flexibility index (Phi) is 5.39. The summed E-state index contributed by atoms with van der Waals surface area (Å²) in [5, 5.41) is 13.6. The lowest BCUT2D eigenvalue weighted by Gasteiger charge is -2.13. The Balaban J connectivity index is 1.30. The van der Waals surface area contributed by atoms with E-state index < -0.39 is 0 Å². The van der Waals surface area contributed by atoms with Crippen LogP contribution in [0.5, 0.6) is 5.75 Å². The third-order valence-electron chi connectivity index (χ3n) is 5.58. The highest BCUT2D eigenvalue weighted by Gasteiger charge is 2.11. The largest absolute Gasteiger partial charge is 0.490 e. The third-order valence-corrected chi connectivity index (χ3v) is 5.58. The highest BCUT2D eigenvalue weighted by Crippen LogP contribution is 2.28. The fourth-order valence-corrected chi connectivity index (χ4v) is 3.94.